The van der Waals surface area contributed by atoms with Crippen LogP contribution in [0.15, 0.2) is 34.3 Å². The highest BCUT2D eigenvalue weighted by atomic mass is 32.2. The Bertz CT molecular complexity index is 552. The molecule has 0 aromatic heterocycles. The van der Waals surface area contributed by atoms with E-state index in [2.05, 4.69) is 30.7 Å². The first-order valence-electron chi connectivity index (χ1n) is 6.22. The minimum Gasteiger partial charge on any atom is -0.200 e. The Morgan fingerprint density at radius 3 is 2.21 bits per heavy atom. The lowest BCUT2D eigenvalue weighted by atomic mass is 9.90. The van der Waals surface area contributed by atoms with Crippen LogP contribution in [0.5, 0.6) is 0 Å². The number of nitrogens with one attached hydrogen (secondary N) is 1. The van der Waals surface area contributed by atoms with Crippen LogP contribution in [0, 0.1) is 12.3 Å². The molecule has 106 valence electrons. The van der Waals surface area contributed by atoms with Gasteiger partial charge in [0.25, 0.3) is 10.0 Å². The Morgan fingerprint density at radius 1 is 1.21 bits per heavy atom. The molecule has 0 unspecified atom stereocenters. The van der Waals surface area contributed by atoms with Crippen molar-refractivity contribution in [1.82, 2.24) is 4.83 Å². The van der Waals surface area contributed by atoms with Crippen molar-refractivity contribution in [2.45, 2.75) is 45.9 Å². The van der Waals surface area contributed by atoms with Crippen LogP contribution >= 0.6 is 0 Å². The van der Waals surface area contributed by atoms with E-state index in [9.17, 15) is 8.42 Å². The molecule has 0 bridgehead atoms. The Balaban J connectivity index is 2.81. The first-order chi connectivity index (χ1) is 8.60. The smallest absolute Gasteiger partial charge is 0.200 e. The fourth-order valence-electron chi connectivity index (χ4n) is 1.72. The summed E-state index contributed by atoms with van der Waals surface area (Å²) >= 11 is 0. The summed E-state index contributed by atoms with van der Waals surface area (Å²) in [6, 6.07) is 6.68. The first-order valence-corrected chi connectivity index (χ1v) is 7.70. The molecule has 1 rings (SSSR count). The molecule has 0 spiro atoms. The second kappa shape index (κ2) is 5.74. The van der Waals surface area contributed by atoms with Crippen molar-refractivity contribution < 1.29 is 8.42 Å². The molecule has 1 N–H and O–H groups in total. The topological polar surface area (TPSA) is 58.5 Å². The lowest BCUT2D eigenvalue weighted by Gasteiger charge is -2.17. The monoisotopic (exact) mass is 282 g/mol. The van der Waals surface area contributed by atoms with E-state index in [1.54, 1.807) is 24.3 Å². The van der Waals surface area contributed by atoms with E-state index < -0.39 is 10.0 Å². The van der Waals surface area contributed by atoms with Crippen molar-refractivity contribution in [3.63, 3.8) is 0 Å². The molecule has 0 aliphatic carbocycles. The third-order valence-electron chi connectivity index (χ3n) is 2.47. The van der Waals surface area contributed by atoms with Gasteiger partial charge in [0.05, 0.1) is 4.90 Å². The van der Waals surface area contributed by atoms with Gasteiger partial charge in [-0.05, 0) is 37.8 Å². The zero-order chi connectivity index (χ0) is 14.7. The fourth-order valence-corrected chi connectivity index (χ4v) is 2.59. The molecule has 1 aromatic rings. The predicted molar refractivity (Wildman–Crippen MR) is 78.7 cm³/mol. The zero-order valence-corrected chi connectivity index (χ0v) is 13.0. The third-order valence-corrected chi connectivity index (χ3v) is 3.70. The Labute approximate surface area is 116 Å². The summed E-state index contributed by atoms with van der Waals surface area (Å²) < 4.78 is 24.0. The van der Waals surface area contributed by atoms with Crippen LogP contribution in [0.2, 0.25) is 0 Å². The van der Waals surface area contributed by atoms with Gasteiger partial charge in [-0.2, -0.15) is 13.5 Å². The van der Waals surface area contributed by atoms with Crippen LogP contribution in [0.1, 0.15) is 39.7 Å². The standard InChI is InChI=1S/C14H22N2O2S/c1-11-6-8-13(9-7-11)19(17,18)16-15-12(2)10-14(3,4)5/h6-9,16H,10H2,1-5H3/b15-12-. The van der Waals surface area contributed by atoms with Gasteiger partial charge in [0, 0.05) is 5.71 Å². The second-order valence-corrected chi connectivity index (χ2v) is 7.65. The van der Waals surface area contributed by atoms with Crippen molar-refractivity contribution in [3.8, 4) is 0 Å². The summed E-state index contributed by atoms with van der Waals surface area (Å²) in [5.41, 5.74) is 1.87. The van der Waals surface area contributed by atoms with Crippen LogP contribution in [-0.2, 0) is 10.0 Å². The van der Waals surface area contributed by atoms with Crippen molar-refractivity contribution >= 4 is 15.7 Å². The average Bonchev–Trinajstić information content (AvgIpc) is 2.25. The SMILES string of the molecule is C/C(CC(C)(C)C)=N/NS(=O)(=O)c1ccc(C)cc1. The number of aryl methyl sites for hydroxylation is 1. The molecule has 19 heavy (non-hydrogen) atoms. The Morgan fingerprint density at radius 2 is 1.74 bits per heavy atom. The quantitative estimate of drug-likeness (QED) is 0.681. The number of hydrazone groups is 1. The van der Waals surface area contributed by atoms with Gasteiger partial charge in [0.1, 0.15) is 0 Å². The summed E-state index contributed by atoms with van der Waals surface area (Å²) in [6.45, 7) is 9.99. The molecule has 0 aliphatic heterocycles. The summed E-state index contributed by atoms with van der Waals surface area (Å²) in [6.07, 6.45) is 0.740. The maximum absolute atomic E-state index is 12.0. The highest BCUT2D eigenvalue weighted by Gasteiger charge is 2.14. The van der Waals surface area contributed by atoms with Crippen molar-refractivity contribution in [2.24, 2.45) is 10.5 Å². The van der Waals surface area contributed by atoms with Crippen LogP contribution in [0.4, 0.5) is 0 Å². The number of nitrogens with zero attached hydrogens (tertiary/aromatic N) is 1. The number of sulfonamides is 1. The van der Waals surface area contributed by atoms with Crippen LogP contribution < -0.4 is 4.83 Å². The lowest BCUT2D eigenvalue weighted by molar-refractivity contribution is 0.432. The number of benzene rings is 1. The van der Waals surface area contributed by atoms with E-state index in [4.69, 9.17) is 0 Å². The van der Waals surface area contributed by atoms with Crippen molar-refractivity contribution in [3.05, 3.63) is 29.8 Å². The van der Waals surface area contributed by atoms with Gasteiger partial charge in [-0.1, -0.05) is 38.5 Å². The molecule has 0 amide bonds. The molecule has 0 fully saturated rings. The van der Waals surface area contributed by atoms with Gasteiger partial charge in [-0.3, -0.25) is 0 Å². The lowest BCUT2D eigenvalue weighted by Crippen LogP contribution is -2.21. The summed E-state index contributed by atoms with van der Waals surface area (Å²) in [4.78, 5) is 2.50. The fraction of sp³-hybridized carbons (Fsp3) is 0.500. The highest BCUT2D eigenvalue weighted by molar-refractivity contribution is 7.89. The molecule has 4 nitrogen and oxygen atoms in total. The van der Waals surface area contributed by atoms with Gasteiger partial charge >= 0.3 is 0 Å². The third kappa shape index (κ3) is 5.42. The summed E-state index contributed by atoms with van der Waals surface area (Å²) in [5, 5.41) is 3.96. The minimum absolute atomic E-state index is 0.0862. The van der Waals surface area contributed by atoms with Crippen LogP contribution in [0.3, 0.4) is 0 Å². The normalized spacial score (nSPS) is 13.4. The van der Waals surface area contributed by atoms with E-state index >= 15 is 0 Å². The molecule has 5 heteroatoms. The van der Waals surface area contributed by atoms with E-state index in [0.29, 0.717) is 0 Å². The van der Waals surface area contributed by atoms with E-state index in [0.717, 1.165) is 17.7 Å². The van der Waals surface area contributed by atoms with Gasteiger partial charge in [0.2, 0.25) is 0 Å². The Kier molecular flexibility index (Phi) is 4.74. The molecule has 0 saturated heterocycles. The van der Waals surface area contributed by atoms with Crippen molar-refractivity contribution in [2.75, 3.05) is 0 Å². The molecular formula is C14H22N2O2S. The molecule has 0 radical (unpaired) electrons. The summed E-state index contributed by atoms with van der Waals surface area (Å²) in [7, 11) is -3.57. The number of rotatable bonds is 4. The molecule has 0 saturated carbocycles. The molecule has 0 atom stereocenters. The van der Waals surface area contributed by atoms with Gasteiger partial charge in [0.15, 0.2) is 0 Å². The molecular weight excluding hydrogens is 260 g/mol. The Hall–Kier alpha value is -1.36. The molecule has 0 heterocycles. The largest absolute Gasteiger partial charge is 0.276 e. The first kappa shape index (κ1) is 15.7. The highest BCUT2D eigenvalue weighted by Crippen LogP contribution is 2.19. The van der Waals surface area contributed by atoms with Crippen LogP contribution in [-0.4, -0.2) is 14.1 Å². The molecule has 0 aliphatic rings. The zero-order valence-electron chi connectivity index (χ0n) is 12.2. The maximum atomic E-state index is 12.0. The predicted octanol–water partition coefficient (Wildman–Crippen LogP) is 3.09. The van der Waals surface area contributed by atoms with Crippen molar-refractivity contribution in [1.29, 1.82) is 0 Å². The van der Waals surface area contributed by atoms with Crippen LogP contribution in [0.25, 0.3) is 0 Å². The maximum Gasteiger partial charge on any atom is 0.276 e. The average molecular weight is 282 g/mol. The molecule has 1 aromatic carbocycles. The number of hydrogen-bond donors (Lipinski definition) is 1. The summed E-state index contributed by atoms with van der Waals surface area (Å²) in [5.74, 6) is 0. The van der Waals surface area contributed by atoms with E-state index in [-0.39, 0.29) is 10.3 Å². The van der Waals surface area contributed by atoms with Gasteiger partial charge in [-0.15, -0.1) is 0 Å². The second-order valence-electron chi connectivity index (χ2n) is 5.99. The minimum atomic E-state index is -3.57. The number of hydrogen-bond acceptors (Lipinski definition) is 3. The van der Waals surface area contributed by atoms with E-state index in [1.807, 2.05) is 13.8 Å². The van der Waals surface area contributed by atoms with Gasteiger partial charge < -0.3 is 0 Å². The van der Waals surface area contributed by atoms with Gasteiger partial charge in [-0.25, -0.2) is 4.83 Å². The van der Waals surface area contributed by atoms with E-state index in [1.165, 1.54) is 0 Å².